The first kappa shape index (κ1) is 32.6. The van der Waals surface area contributed by atoms with Crippen molar-refractivity contribution in [1.29, 1.82) is 0 Å². The summed E-state index contributed by atoms with van der Waals surface area (Å²) in [5.74, 6) is 1.81. The summed E-state index contributed by atoms with van der Waals surface area (Å²) in [6.07, 6.45) is 17.8. The molecule has 2 amide bonds. The van der Waals surface area contributed by atoms with Crippen molar-refractivity contribution >= 4 is 24.2 Å². The van der Waals surface area contributed by atoms with E-state index >= 15 is 0 Å². The number of benzene rings is 1. The number of rotatable bonds is 17. The zero-order valence-corrected chi connectivity index (χ0v) is 22.6. The summed E-state index contributed by atoms with van der Waals surface area (Å²) < 4.78 is 0. The highest BCUT2D eigenvalue weighted by Gasteiger charge is 2.09. The molecule has 0 aliphatic rings. The van der Waals surface area contributed by atoms with Gasteiger partial charge in [0.25, 0.3) is 0 Å². The summed E-state index contributed by atoms with van der Waals surface area (Å²) in [5, 5.41) is 6.70. The van der Waals surface area contributed by atoms with Crippen molar-refractivity contribution in [2.45, 2.75) is 65.7 Å². The Morgan fingerprint density at radius 1 is 1.22 bits per heavy atom. The number of terminal acetylenes is 1. The predicted octanol–water partition coefficient (Wildman–Crippen LogP) is 4.91. The van der Waals surface area contributed by atoms with Crippen LogP contribution in [-0.4, -0.2) is 50.1 Å². The average Bonchev–Trinajstić information content (AvgIpc) is 2.84. The van der Waals surface area contributed by atoms with E-state index in [0.29, 0.717) is 24.9 Å². The first-order valence-electron chi connectivity index (χ1n) is 12.6. The van der Waals surface area contributed by atoms with Crippen molar-refractivity contribution in [3.8, 4) is 12.3 Å². The minimum atomic E-state index is -0.482. The molecule has 0 saturated heterocycles. The molecule has 0 aliphatic heterocycles. The lowest BCUT2D eigenvalue weighted by atomic mass is 10.00. The van der Waals surface area contributed by atoms with Crippen LogP contribution in [0.15, 0.2) is 47.1 Å². The largest absolute Gasteiger partial charge is 0.366 e. The highest BCUT2D eigenvalue weighted by molar-refractivity contribution is 5.93. The van der Waals surface area contributed by atoms with E-state index in [1.165, 1.54) is 32.1 Å². The number of nitrogens with two attached hydrogens (primary N) is 1. The van der Waals surface area contributed by atoms with Crippen molar-refractivity contribution in [3.05, 3.63) is 53.1 Å². The molecule has 0 saturated carbocycles. The second kappa shape index (κ2) is 21.0. The summed E-state index contributed by atoms with van der Waals surface area (Å²) in [6, 6.07) is 5.17. The molecular weight excluding hydrogens is 450 g/mol. The number of nitrogens with zero attached hydrogens (tertiary/aromatic N) is 2. The number of anilines is 1. The molecule has 198 valence electrons. The molecule has 0 aliphatic carbocycles. The topological polar surface area (TPSA) is 99.8 Å². The Morgan fingerprint density at radius 2 is 1.92 bits per heavy atom. The van der Waals surface area contributed by atoms with Gasteiger partial charge in [0.2, 0.25) is 11.8 Å². The van der Waals surface area contributed by atoms with E-state index < -0.39 is 5.91 Å². The number of carbonyl (C=O) groups is 2. The molecule has 0 unspecified atom stereocenters. The molecule has 1 rings (SSSR count). The Hall–Kier alpha value is -3.37. The second-order valence-electron chi connectivity index (χ2n) is 8.52. The third kappa shape index (κ3) is 15.5. The number of allylic oxidation sites excluding steroid dienone is 3. The maximum Gasteiger partial charge on any atom is 0.248 e. The van der Waals surface area contributed by atoms with Crippen LogP contribution in [0.2, 0.25) is 0 Å². The standard InChI is InChI=1S/C26H41N5O2.C3H4/c1-5-7-8-9-10-17-31(4)18-15-25(32)29-16-14-21(11-6-2)19-23-20-22(26(27)33)12-13-24(23)30-28-3;1-3-2/h6,11-14,20,30H,3,5,7-10,15-19H2,1-2,4H3,(H2,27,33)(H,29,32);1H,2H3/b11-6-,21-14+;. The van der Waals surface area contributed by atoms with Gasteiger partial charge in [-0.3, -0.25) is 15.0 Å². The van der Waals surface area contributed by atoms with Crippen molar-refractivity contribution in [1.82, 2.24) is 10.2 Å². The lowest BCUT2D eigenvalue weighted by Gasteiger charge is -2.16. The minimum Gasteiger partial charge on any atom is -0.366 e. The van der Waals surface area contributed by atoms with E-state index in [-0.39, 0.29) is 5.91 Å². The first-order chi connectivity index (χ1) is 17.3. The lowest BCUT2D eigenvalue weighted by Crippen LogP contribution is -2.29. The quantitative estimate of drug-likeness (QED) is 0.0940. The molecule has 7 nitrogen and oxygen atoms in total. The predicted molar refractivity (Wildman–Crippen MR) is 153 cm³/mol. The summed E-state index contributed by atoms with van der Waals surface area (Å²) >= 11 is 0. The number of carbonyl (C=O) groups excluding carboxylic acids is 2. The van der Waals surface area contributed by atoms with Crippen molar-refractivity contribution in [3.63, 3.8) is 0 Å². The normalized spacial score (nSPS) is 10.9. The molecule has 4 N–H and O–H groups in total. The van der Waals surface area contributed by atoms with Crippen LogP contribution >= 0.6 is 0 Å². The third-order valence-corrected chi connectivity index (χ3v) is 5.39. The zero-order valence-electron chi connectivity index (χ0n) is 22.6. The van der Waals surface area contributed by atoms with Crippen LogP contribution in [0.4, 0.5) is 5.69 Å². The third-order valence-electron chi connectivity index (χ3n) is 5.39. The number of primary amides is 1. The fourth-order valence-corrected chi connectivity index (χ4v) is 3.49. The number of hydrogen-bond acceptors (Lipinski definition) is 5. The number of unbranched alkanes of at least 4 members (excludes halogenated alkanes) is 4. The first-order valence-corrected chi connectivity index (χ1v) is 12.6. The molecule has 0 bridgehead atoms. The van der Waals surface area contributed by atoms with Gasteiger partial charge in [0.05, 0.1) is 5.69 Å². The molecule has 0 radical (unpaired) electrons. The molecule has 1 aromatic rings. The maximum absolute atomic E-state index is 12.3. The van der Waals surface area contributed by atoms with Gasteiger partial charge in [0.1, 0.15) is 0 Å². The smallest absolute Gasteiger partial charge is 0.248 e. The molecule has 0 aromatic heterocycles. The summed E-state index contributed by atoms with van der Waals surface area (Å²) in [7, 11) is 2.07. The average molecular weight is 496 g/mol. The van der Waals surface area contributed by atoms with Gasteiger partial charge in [0.15, 0.2) is 0 Å². The van der Waals surface area contributed by atoms with Gasteiger partial charge in [-0.1, -0.05) is 50.8 Å². The number of amides is 2. The second-order valence-corrected chi connectivity index (χ2v) is 8.52. The zero-order chi connectivity index (χ0) is 27.2. The fourth-order valence-electron chi connectivity index (χ4n) is 3.49. The molecule has 0 spiro atoms. The Kier molecular flexibility index (Phi) is 19.0. The molecule has 36 heavy (non-hydrogen) atoms. The summed E-state index contributed by atoms with van der Waals surface area (Å²) in [4.78, 5) is 26.1. The highest BCUT2D eigenvalue weighted by atomic mass is 16.1. The summed E-state index contributed by atoms with van der Waals surface area (Å²) in [5.41, 5.74) is 11.4. The van der Waals surface area contributed by atoms with Gasteiger partial charge in [-0.15, -0.1) is 12.3 Å². The number of nitrogens with one attached hydrogen (secondary N) is 2. The van der Waals surface area contributed by atoms with Gasteiger partial charge in [-0.2, -0.15) is 5.10 Å². The Morgan fingerprint density at radius 3 is 2.53 bits per heavy atom. The van der Waals surface area contributed by atoms with Crippen LogP contribution in [0, 0.1) is 12.3 Å². The van der Waals surface area contributed by atoms with E-state index in [1.54, 1.807) is 25.1 Å². The van der Waals surface area contributed by atoms with Crippen molar-refractivity contribution < 1.29 is 9.59 Å². The maximum atomic E-state index is 12.3. The molecule has 1 aromatic carbocycles. The summed E-state index contributed by atoms with van der Waals surface area (Å²) in [6.45, 7) is 11.5. The fraction of sp³-hybridized carbons (Fsp3) is 0.483. The van der Waals surface area contributed by atoms with Gasteiger partial charge in [0, 0.05) is 31.8 Å². The van der Waals surface area contributed by atoms with Crippen LogP contribution in [0.1, 0.15) is 75.2 Å². The van der Waals surface area contributed by atoms with Gasteiger partial charge >= 0.3 is 0 Å². The number of hydrogen-bond donors (Lipinski definition) is 3. The van der Waals surface area contributed by atoms with Crippen LogP contribution in [0.3, 0.4) is 0 Å². The number of hydrazone groups is 1. The Labute approximate surface area is 218 Å². The molecular formula is C29H45N5O2. The van der Waals surface area contributed by atoms with Gasteiger partial charge < -0.3 is 16.0 Å². The molecule has 0 heterocycles. The SMILES string of the molecule is C#CC.C=NNc1ccc(C(N)=O)cc1CC(/C=C\C)=C/CNC(=O)CCN(C)CCCCCCC. The van der Waals surface area contributed by atoms with E-state index in [4.69, 9.17) is 5.73 Å². The lowest BCUT2D eigenvalue weighted by molar-refractivity contribution is -0.121. The minimum absolute atomic E-state index is 0.0397. The van der Waals surface area contributed by atoms with Crippen LogP contribution in [0.5, 0.6) is 0 Å². The van der Waals surface area contributed by atoms with E-state index in [0.717, 1.165) is 29.9 Å². The van der Waals surface area contributed by atoms with Crippen molar-refractivity contribution in [2.75, 3.05) is 32.1 Å². The van der Waals surface area contributed by atoms with Crippen LogP contribution in [0.25, 0.3) is 0 Å². The van der Waals surface area contributed by atoms with Crippen LogP contribution in [-0.2, 0) is 11.2 Å². The molecule has 0 fully saturated rings. The molecule has 0 atom stereocenters. The van der Waals surface area contributed by atoms with Gasteiger partial charge in [-0.05, 0) is 69.6 Å². The molecule has 7 heteroatoms. The monoisotopic (exact) mass is 495 g/mol. The van der Waals surface area contributed by atoms with Gasteiger partial charge in [-0.25, -0.2) is 0 Å². The van der Waals surface area contributed by atoms with E-state index in [9.17, 15) is 9.59 Å². The Balaban J connectivity index is 0.00000387. The Bertz CT molecular complexity index is 899. The van der Waals surface area contributed by atoms with Crippen LogP contribution < -0.4 is 16.5 Å². The van der Waals surface area contributed by atoms with Crippen molar-refractivity contribution in [2.24, 2.45) is 10.8 Å². The van der Waals surface area contributed by atoms with E-state index in [2.05, 4.69) is 53.8 Å². The van der Waals surface area contributed by atoms with E-state index in [1.807, 2.05) is 25.2 Å². The highest BCUT2D eigenvalue weighted by Crippen LogP contribution is 2.21.